The van der Waals surface area contributed by atoms with Gasteiger partial charge in [-0.25, -0.2) is 18.6 Å². The summed E-state index contributed by atoms with van der Waals surface area (Å²) >= 11 is 1.31. The lowest BCUT2D eigenvalue weighted by Crippen LogP contribution is -2.50. The van der Waals surface area contributed by atoms with Crippen molar-refractivity contribution in [3.63, 3.8) is 0 Å². The average Bonchev–Trinajstić information content (AvgIpc) is 3.30. The monoisotopic (exact) mass is 591 g/mol. The van der Waals surface area contributed by atoms with Gasteiger partial charge in [-0.05, 0) is 70.6 Å². The van der Waals surface area contributed by atoms with Crippen molar-refractivity contribution < 1.29 is 18.3 Å². The molecule has 2 aromatic heterocycles. The van der Waals surface area contributed by atoms with Crippen LogP contribution in [0.15, 0.2) is 36.4 Å². The number of ether oxygens (including phenoxy) is 1. The Hall–Kier alpha value is -4.08. The molecule has 1 saturated heterocycles. The number of thiazole rings is 1. The van der Waals surface area contributed by atoms with Gasteiger partial charge in [-0.2, -0.15) is 10.4 Å². The Morgan fingerprint density at radius 2 is 1.90 bits per heavy atom. The molecule has 0 bridgehead atoms. The molecular formula is C30H31F2N7O2S. The first-order chi connectivity index (χ1) is 20.0. The maximum Gasteiger partial charge on any atom is 0.410 e. The SMILES string of the molecule is CNC1(c2nc(-c3ccc(F)cc3)c(C#N)s2)CC1c1[nH]nc2c(F)cc(N3CCN(C(=O)OC(C)(C)C)CC3)cc12. The minimum atomic E-state index is -0.567. The number of rotatable bonds is 5. The molecule has 3 heterocycles. The van der Waals surface area contributed by atoms with E-state index in [0.29, 0.717) is 54.1 Å². The molecule has 4 aromatic rings. The van der Waals surface area contributed by atoms with E-state index in [0.717, 1.165) is 16.4 Å². The Labute approximate surface area is 246 Å². The second-order valence-electron chi connectivity index (χ2n) is 11.7. The van der Waals surface area contributed by atoms with Crippen LogP contribution in [0.3, 0.4) is 0 Å². The van der Waals surface area contributed by atoms with Gasteiger partial charge in [-0.3, -0.25) is 5.10 Å². The summed E-state index contributed by atoms with van der Waals surface area (Å²) in [5, 5.41) is 22.0. The maximum absolute atomic E-state index is 15.3. The van der Waals surface area contributed by atoms with Gasteiger partial charge in [0, 0.05) is 54.4 Å². The molecule has 42 heavy (non-hydrogen) atoms. The summed E-state index contributed by atoms with van der Waals surface area (Å²) in [7, 11) is 1.85. The molecule has 0 spiro atoms. The number of carbonyl (C=O) groups excluding carboxylic acids is 1. The Morgan fingerprint density at radius 1 is 1.19 bits per heavy atom. The number of anilines is 1. The number of likely N-dealkylation sites (N-methyl/N-ethyl adjacent to an activating group) is 1. The normalized spacial score (nSPS) is 20.5. The fraction of sp³-hybridized carbons (Fsp3) is 0.400. The number of fused-ring (bicyclic) bond motifs is 1. The van der Waals surface area contributed by atoms with Crippen LogP contribution in [0.5, 0.6) is 0 Å². The molecule has 2 unspecified atom stereocenters. The van der Waals surface area contributed by atoms with Gasteiger partial charge in [0.25, 0.3) is 0 Å². The smallest absolute Gasteiger partial charge is 0.410 e. The van der Waals surface area contributed by atoms with Crippen LogP contribution in [-0.2, 0) is 10.3 Å². The quantitative estimate of drug-likeness (QED) is 0.316. The number of aromatic nitrogens is 3. The van der Waals surface area contributed by atoms with Crippen molar-refractivity contribution in [2.75, 3.05) is 38.1 Å². The highest BCUT2D eigenvalue weighted by Crippen LogP contribution is 2.60. The molecule has 218 valence electrons. The van der Waals surface area contributed by atoms with Crippen molar-refractivity contribution in [3.05, 3.63) is 63.6 Å². The number of halogens is 2. The largest absolute Gasteiger partial charge is 0.444 e. The van der Waals surface area contributed by atoms with Crippen LogP contribution in [0, 0.1) is 23.0 Å². The summed E-state index contributed by atoms with van der Waals surface area (Å²) in [5.41, 5.74) is 1.85. The number of piperazine rings is 1. The van der Waals surface area contributed by atoms with Crippen molar-refractivity contribution in [1.82, 2.24) is 25.4 Å². The van der Waals surface area contributed by atoms with E-state index in [1.807, 2.05) is 33.9 Å². The topological polar surface area (TPSA) is 110 Å². The standard InChI is InChI=1S/C30H31F2N7O2S/c1-29(2,3)41-28(40)39-11-9-38(10-12-39)19-13-20-25(36-37-26(20)22(32)14-19)21-15-30(21,34-4)27-35-24(23(16-33)42-27)17-5-7-18(31)8-6-17/h5-8,13-14,21,34H,9-12,15H2,1-4H3,(H,36,37). The number of nitrogens with one attached hydrogen (secondary N) is 2. The van der Waals surface area contributed by atoms with E-state index in [1.165, 1.54) is 29.5 Å². The third-order valence-corrected chi connectivity index (χ3v) is 9.04. The van der Waals surface area contributed by atoms with Crippen LogP contribution in [0.25, 0.3) is 22.2 Å². The molecule has 2 aromatic carbocycles. The van der Waals surface area contributed by atoms with Gasteiger partial charge in [-0.1, -0.05) is 0 Å². The number of H-pyrrole nitrogens is 1. The number of hydrogen-bond donors (Lipinski definition) is 2. The second-order valence-corrected chi connectivity index (χ2v) is 12.7. The van der Waals surface area contributed by atoms with E-state index in [9.17, 15) is 14.4 Å². The number of benzene rings is 2. The zero-order valence-electron chi connectivity index (χ0n) is 23.8. The summed E-state index contributed by atoms with van der Waals surface area (Å²) in [4.78, 5) is 21.5. The van der Waals surface area contributed by atoms with Crippen molar-refractivity contribution in [3.8, 4) is 17.3 Å². The predicted molar refractivity (Wildman–Crippen MR) is 156 cm³/mol. The first-order valence-corrected chi connectivity index (χ1v) is 14.6. The predicted octanol–water partition coefficient (Wildman–Crippen LogP) is 5.50. The molecule has 9 nitrogen and oxygen atoms in total. The first kappa shape index (κ1) is 28.1. The number of nitriles is 1. The van der Waals surface area contributed by atoms with Crippen LogP contribution in [0.4, 0.5) is 19.3 Å². The van der Waals surface area contributed by atoms with Crippen LogP contribution < -0.4 is 10.2 Å². The Bertz CT molecular complexity index is 1700. The minimum Gasteiger partial charge on any atom is -0.444 e. The van der Waals surface area contributed by atoms with Gasteiger partial charge in [-0.15, -0.1) is 11.3 Å². The minimum absolute atomic E-state index is 0.0788. The molecule has 2 aliphatic rings. The third kappa shape index (κ3) is 4.97. The summed E-state index contributed by atoms with van der Waals surface area (Å²) < 4.78 is 34.3. The fourth-order valence-electron chi connectivity index (χ4n) is 5.62. The number of carbonyl (C=O) groups is 1. The lowest BCUT2D eigenvalue weighted by Gasteiger charge is -2.36. The molecule has 1 saturated carbocycles. The number of amides is 1. The first-order valence-electron chi connectivity index (χ1n) is 13.8. The summed E-state index contributed by atoms with van der Waals surface area (Å²) in [5.74, 6) is -0.857. The Kier molecular flexibility index (Phi) is 6.90. The molecule has 1 aliphatic heterocycles. The molecule has 1 aliphatic carbocycles. The lowest BCUT2D eigenvalue weighted by atomic mass is 10.1. The van der Waals surface area contributed by atoms with E-state index in [-0.39, 0.29) is 23.3 Å². The molecule has 2 fully saturated rings. The Morgan fingerprint density at radius 3 is 2.55 bits per heavy atom. The van der Waals surface area contributed by atoms with Gasteiger partial charge in [0.1, 0.15) is 32.9 Å². The molecule has 0 radical (unpaired) electrons. The van der Waals surface area contributed by atoms with Crippen LogP contribution in [-0.4, -0.2) is 65.0 Å². The van der Waals surface area contributed by atoms with Crippen molar-refractivity contribution in [1.29, 1.82) is 5.26 Å². The molecule has 12 heteroatoms. The molecule has 2 N–H and O–H groups in total. The highest BCUT2D eigenvalue weighted by atomic mass is 32.1. The maximum atomic E-state index is 15.3. The molecule has 1 amide bonds. The van der Waals surface area contributed by atoms with E-state index >= 15 is 4.39 Å². The summed E-state index contributed by atoms with van der Waals surface area (Å²) in [6.45, 7) is 7.55. The van der Waals surface area contributed by atoms with E-state index in [1.54, 1.807) is 17.0 Å². The highest BCUT2D eigenvalue weighted by molar-refractivity contribution is 7.12. The molecule has 6 rings (SSSR count). The number of aromatic amines is 1. The van der Waals surface area contributed by atoms with E-state index in [4.69, 9.17) is 9.72 Å². The third-order valence-electron chi connectivity index (χ3n) is 7.91. The van der Waals surface area contributed by atoms with Crippen LogP contribution >= 0.6 is 11.3 Å². The van der Waals surface area contributed by atoms with Crippen molar-refractivity contribution >= 4 is 34.0 Å². The number of nitrogens with zero attached hydrogens (tertiary/aromatic N) is 5. The van der Waals surface area contributed by atoms with Crippen LogP contribution in [0.1, 0.15) is 48.7 Å². The fourth-order valence-corrected chi connectivity index (χ4v) is 6.77. The molecular weight excluding hydrogens is 560 g/mol. The van der Waals surface area contributed by atoms with Gasteiger partial charge in [0.2, 0.25) is 0 Å². The molecule has 2 atom stereocenters. The van der Waals surface area contributed by atoms with Gasteiger partial charge in [0.05, 0.1) is 11.2 Å². The average molecular weight is 592 g/mol. The zero-order valence-corrected chi connectivity index (χ0v) is 24.6. The van der Waals surface area contributed by atoms with Crippen molar-refractivity contribution in [2.24, 2.45) is 0 Å². The zero-order chi connectivity index (χ0) is 29.8. The van der Waals surface area contributed by atoms with Gasteiger partial charge in [0.15, 0.2) is 5.82 Å². The Balaban J connectivity index is 1.26. The summed E-state index contributed by atoms with van der Waals surface area (Å²) in [6.07, 6.45) is 0.338. The van der Waals surface area contributed by atoms with Gasteiger partial charge < -0.3 is 19.9 Å². The van der Waals surface area contributed by atoms with Crippen LogP contribution in [0.2, 0.25) is 0 Å². The lowest BCUT2D eigenvalue weighted by molar-refractivity contribution is 0.0240. The second kappa shape index (κ2) is 10.3. The number of hydrogen-bond acceptors (Lipinski definition) is 8. The summed E-state index contributed by atoms with van der Waals surface area (Å²) in [6, 6.07) is 11.6. The van der Waals surface area contributed by atoms with E-state index in [2.05, 4.69) is 26.5 Å². The van der Waals surface area contributed by atoms with E-state index < -0.39 is 17.0 Å². The van der Waals surface area contributed by atoms with Gasteiger partial charge >= 0.3 is 6.09 Å². The van der Waals surface area contributed by atoms with Crippen molar-refractivity contribution in [2.45, 2.75) is 44.2 Å². The highest BCUT2D eigenvalue weighted by Gasteiger charge is 2.59.